The lowest BCUT2D eigenvalue weighted by Crippen LogP contribution is -2.21. The predicted molar refractivity (Wildman–Crippen MR) is 71.9 cm³/mol. The minimum absolute atomic E-state index is 0.0629. The highest BCUT2D eigenvalue weighted by molar-refractivity contribution is 8.13. The summed E-state index contributed by atoms with van der Waals surface area (Å²) in [5.74, 6) is 0.0629. The van der Waals surface area contributed by atoms with Gasteiger partial charge in [-0.2, -0.15) is 0 Å². The van der Waals surface area contributed by atoms with E-state index in [1.807, 2.05) is 0 Å². The molecule has 0 saturated carbocycles. The van der Waals surface area contributed by atoms with Crippen LogP contribution in [0.1, 0.15) is 18.6 Å². The van der Waals surface area contributed by atoms with Gasteiger partial charge in [-0.1, -0.05) is 23.9 Å². The molecule has 1 aromatic rings. The van der Waals surface area contributed by atoms with Gasteiger partial charge in [0.25, 0.3) is 0 Å². The molecule has 0 aromatic heterocycles. The Kier molecular flexibility index (Phi) is 5.50. The SMILES string of the molecule is CC(=O)SCC(O)C(O)c1ccc(S(N)(=O)=O)cc1. The summed E-state index contributed by atoms with van der Waals surface area (Å²) in [6.45, 7) is 1.37. The van der Waals surface area contributed by atoms with E-state index in [1.165, 1.54) is 31.2 Å². The average Bonchev–Trinajstić information content (AvgIpc) is 2.34. The van der Waals surface area contributed by atoms with E-state index in [0.717, 1.165) is 11.8 Å². The van der Waals surface area contributed by atoms with Crippen LogP contribution in [0.2, 0.25) is 0 Å². The Morgan fingerprint density at radius 1 is 1.32 bits per heavy atom. The highest BCUT2D eigenvalue weighted by atomic mass is 32.2. The molecular weight excluding hydrogens is 290 g/mol. The van der Waals surface area contributed by atoms with E-state index in [1.54, 1.807) is 0 Å². The lowest BCUT2D eigenvalue weighted by molar-refractivity contribution is -0.109. The Balaban J connectivity index is 2.77. The lowest BCUT2D eigenvalue weighted by Gasteiger charge is -2.17. The first-order chi connectivity index (χ1) is 8.71. The quantitative estimate of drug-likeness (QED) is 0.705. The summed E-state index contributed by atoms with van der Waals surface area (Å²) < 4.78 is 22.1. The zero-order valence-corrected chi connectivity index (χ0v) is 11.8. The van der Waals surface area contributed by atoms with E-state index in [-0.39, 0.29) is 15.8 Å². The number of carbonyl (C=O) groups is 1. The first-order valence-electron chi connectivity index (χ1n) is 5.34. The van der Waals surface area contributed by atoms with Gasteiger partial charge in [0, 0.05) is 12.7 Å². The summed E-state index contributed by atoms with van der Waals surface area (Å²) in [5.41, 5.74) is 0.351. The molecule has 0 aliphatic carbocycles. The number of aliphatic hydroxyl groups is 2. The summed E-state index contributed by atoms with van der Waals surface area (Å²) in [5, 5.41) is 24.3. The van der Waals surface area contributed by atoms with Crippen molar-refractivity contribution in [3.05, 3.63) is 29.8 Å². The maximum absolute atomic E-state index is 11.1. The Morgan fingerprint density at radius 2 is 1.84 bits per heavy atom. The number of carbonyl (C=O) groups excluding carboxylic acids is 1. The van der Waals surface area contributed by atoms with E-state index in [2.05, 4.69) is 0 Å². The fourth-order valence-electron chi connectivity index (χ4n) is 1.37. The molecule has 0 aliphatic heterocycles. The van der Waals surface area contributed by atoms with Crippen molar-refractivity contribution in [2.24, 2.45) is 5.14 Å². The van der Waals surface area contributed by atoms with Crippen LogP contribution in [0.15, 0.2) is 29.2 Å². The first kappa shape index (κ1) is 16.1. The number of sulfonamides is 1. The normalized spacial score (nSPS) is 14.9. The zero-order valence-electron chi connectivity index (χ0n) is 10.2. The molecule has 1 aromatic carbocycles. The second-order valence-electron chi connectivity index (χ2n) is 3.93. The molecule has 0 amide bonds. The van der Waals surface area contributed by atoms with Crippen molar-refractivity contribution >= 4 is 26.9 Å². The van der Waals surface area contributed by atoms with Gasteiger partial charge >= 0.3 is 0 Å². The fourth-order valence-corrected chi connectivity index (χ4v) is 2.47. The lowest BCUT2D eigenvalue weighted by atomic mass is 10.1. The predicted octanol–water partition coefficient (Wildman–Crippen LogP) is 0.00800. The summed E-state index contributed by atoms with van der Waals surface area (Å²) in [4.78, 5) is 10.7. The van der Waals surface area contributed by atoms with Crippen LogP contribution in [-0.4, -0.2) is 35.6 Å². The van der Waals surface area contributed by atoms with Gasteiger partial charge in [-0.3, -0.25) is 4.79 Å². The molecule has 0 aliphatic rings. The van der Waals surface area contributed by atoms with Crippen molar-refractivity contribution in [3.8, 4) is 0 Å². The smallest absolute Gasteiger partial charge is 0.238 e. The van der Waals surface area contributed by atoms with Gasteiger partial charge in [-0.15, -0.1) is 0 Å². The molecule has 4 N–H and O–H groups in total. The number of benzene rings is 1. The molecule has 0 bridgehead atoms. The van der Waals surface area contributed by atoms with Crippen LogP contribution in [0.5, 0.6) is 0 Å². The standard InChI is InChI=1S/C11H15NO5S2/c1-7(13)18-6-10(14)11(15)8-2-4-9(5-3-8)19(12,16)17/h2-5,10-11,14-15H,6H2,1H3,(H2,12,16,17). The van der Waals surface area contributed by atoms with E-state index in [0.29, 0.717) is 5.56 Å². The van der Waals surface area contributed by atoms with Gasteiger partial charge in [-0.05, 0) is 17.7 Å². The number of hydrogen-bond donors (Lipinski definition) is 3. The van der Waals surface area contributed by atoms with Crippen LogP contribution in [0.4, 0.5) is 0 Å². The molecule has 19 heavy (non-hydrogen) atoms. The average molecular weight is 305 g/mol. The molecule has 1 rings (SSSR count). The van der Waals surface area contributed by atoms with E-state index >= 15 is 0 Å². The minimum atomic E-state index is -3.78. The second kappa shape index (κ2) is 6.49. The van der Waals surface area contributed by atoms with Crippen LogP contribution < -0.4 is 5.14 Å². The molecule has 106 valence electrons. The maximum atomic E-state index is 11.1. The zero-order chi connectivity index (χ0) is 14.6. The summed E-state index contributed by atoms with van der Waals surface area (Å²) in [6, 6.07) is 5.23. The number of aliphatic hydroxyl groups excluding tert-OH is 2. The van der Waals surface area contributed by atoms with Crippen molar-refractivity contribution < 1.29 is 23.4 Å². The third-order valence-electron chi connectivity index (χ3n) is 2.37. The van der Waals surface area contributed by atoms with Crippen molar-refractivity contribution in [3.63, 3.8) is 0 Å². The van der Waals surface area contributed by atoms with Gasteiger partial charge in [-0.25, -0.2) is 13.6 Å². The fraction of sp³-hybridized carbons (Fsp3) is 0.364. The number of primary sulfonamides is 1. The molecule has 8 heteroatoms. The Labute approximate surface area is 115 Å². The minimum Gasteiger partial charge on any atom is -0.389 e. The number of nitrogens with two attached hydrogens (primary N) is 1. The van der Waals surface area contributed by atoms with Gasteiger partial charge < -0.3 is 10.2 Å². The van der Waals surface area contributed by atoms with Gasteiger partial charge in [0.1, 0.15) is 6.10 Å². The van der Waals surface area contributed by atoms with Crippen molar-refractivity contribution in [2.75, 3.05) is 5.75 Å². The summed E-state index contributed by atoms with van der Waals surface area (Å²) in [6.07, 6.45) is -2.31. The van der Waals surface area contributed by atoms with Crippen LogP contribution in [0, 0.1) is 0 Å². The van der Waals surface area contributed by atoms with Crippen molar-refractivity contribution in [1.29, 1.82) is 0 Å². The Bertz CT molecular complexity index is 541. The van der Waals surface area contributed by atoms with Crippen molar-refractivity contribution in [1.82, 2.24) is 0 Å². The molecular formula is C11H15NO5S2. The number of rotatable bonds is 5. The summed E-state index contributed by atoms with van der Waals surface area (Å²) >= 11 is 0.905. The molecule has 0 radical (unpaired) electrons. The molecule has 6 nitrogen and oxygen atoms in total. The highest BCUT2D eigenvalue weighted by Crippen LogP contribution is 2.21. The second-order valence-corrected chi connectivity index (χ2v) is 6.69. The number of thioether (sulfide) groups is 1. The Morgan fingerprint density at radius 3 is 2.26 bits per heavy atom. The third-order valence-corrected chi connectivity index (χ3v) is 4.22. The first-order valence-corrected chi connectivity index (χ1v) is 7.87. The van der Waals surface area contributed by atoms with Gasteiger partial charge in [0.15, 0.2) is 5.12 Å². The van der Waals surface area contributed by atoms with Crippen molar-refractivity contribution in [2.45, 2.75) is 24.0 Å². The van der Waals surface area contributed by atoms with E-state index < -0.39 is 22.2 Å². The molecule has 0 saturated heterocycles. The number of hydrogen-bond acceptors (Lipinski definition) is 6. The molecule has 2 unspecified atom stereocenters. The van der Waals surface area contributed by atoms with Crippen LogP contribution in [0.25, 0.3) is 0 Å². The largest absolute Gasteiger partial charge is 0.389 e. The highest BCUT2D eigenvalue weighted by Gasteiger charge is 2.19. The van der Waals surface area contributed by atoms with Crippen LogP contribution in [-0.2, 0) is 14.8 Å². The van der Waals surface area contributed by atoms with Crippen LogP contribution >= 0.6 is 11.8 Å². The molecule has 0 heterocycles. The maximum Gasteiger partial charge on any atom is 0.238 e. The molecule has 0 fully saturated rings. The monoisotopic (exact) mass is 305 g/mol. The van der Waals surface area contributed by atoms with E-state index in [4.69, 9.17) is 5.14 Å². The van der Waals surface area contributed by atoms with E-state index in [9.17, 15) is 23.4 Å². The summed E-state index contributed by atoms with van der Waals surface area (Å²) in [7, 11) is -3.78. The topological polar surface area (TPSA) is 118 Å². The van der Waals surface area contributed by atoms with Crippen LogP contribution in [0.3, 0.4) is 0 Å². The van der Waals surface area contributed by atoms with Gasteiger partial charge in [0.05, 0.1) is 11.0 Å². The third kappa shape index (κ3) is 4.92. The molecule has 2 atom stereocenters. The van der Waals surface area contributed by atoms with Gasteiger partial charge in [0.2, 0.25) is 10.0 Å². The molecule has 0 spiro atoms. The Hall–Kier alpha value is -0.930.